The Bertz CT molecular complexity index is 1580. The van der Waals surface area contributed by atoms with Crippen LogP contribution in [0, 0.1) is 49.9 Å². The van der Waals surface area contributed by atoms with E-state index in [1.165, 1.54) is 55.2 Å². The molecule has 0 spiro atoms. The second-order valence-electron chi connectivity index (χ2n) is 14.5. The van der Waals surface area contributed by atoms with E-state index in [1.54, 1.807) is 0 Å². The fourth-order valence-corrected chi connectivity index (χ4v) is 6.72. The second-order valence-corrected chi connectivity index (χ2v) is 14.5. The molecule has 1 aliphatic rings. The van der Waals surface area contributed by atoms with Crippen LogP contribution < -0.4 is 0 Å². The van der Waals surface area contributed by atoms with Crippen molar-refractivity contribution in [3.05, 3.63) is 111 Å². The standard InChI is InChI=1S/C43H55NO/c1-9-10-11-12-41-34(6)40(29-44-41)21-20-38-28-39(15-13-30(38)2)42(45)22-14-31(3)37-19-18-35(33(5)27-37)16-17-36-24-26-43(7,8)25-23-32(36)4/h9-13,15,18-19,27-29,31-32,36,44H,14,16-17,22-26H2,1-8H3/b10-9?,12-11-. The molecule has 2 heteroatoms. The van der Waals surface area contributed by atoms with Crippen molar-refractivity contribution in [3.8, 4) is 11.8 Å². The molecule has 2 nitrogen and oxygen atoms in total. The van der Waals surface area contributed by atoms with Crippen molar-refractivity contribution >= 4 is 11.9 Å². The van der Waals surface area contributed by atoms with Gasteiger partial charge < -0.3 is 4.98 Å². The summed E-state index contributed by atoms with van der Waals surface area (Å²) in [5.41, 5.74) is 10.6. The van der Waals surface area contributed by atoms with Crippen molar-refractivity contribution in [2.24, 2.45) is 17.3 Å². The van der Waals surface area contributed by atoms with Crippen molar-refractivity contribution in [1.29, 1.82) is 0 Å². The summed E-state index contributed by atoms with van der Waals surface area (Å²) in [5.74, 6) is 8.84. The molecule has 1 aliphatic carbocycles. The van der Waals surface area contributed by atoms with Gasteiger partial charge in [-0.2, -0.15) is 0 Å². The first kappa shape index (κ1) is 34.3. The summed E-state index contributed by atoms with van der Waals surface area (Å²) in [6.45, 7) is 18.0. The van der Waals surface area contributed by atoms with E-state index in [0.717, 1.165) is 51.8 Å². The van der Waals surface area contributed by atoms with E-state index in [9.17, 15) is 4.79 Å². The van der Waals surface area contributed by atoms with Gasteiger partial charge in [-0.1, -0.05) is 88.1 Å². The lowest BCUT2D eigenvalue weighted by atomic mass is 9.83. The lowest BCUT2D eigenvalue weighted by molar-refractivity contribution is 0.0978. The van der Waals surface area contributed by atoms with Crippen LogP contribution in [-0.4, -0.2) is 10.8 Å². The molecule has 45 heavy (non-hydrogen) atoms. The molecule has 3 unspecified atom stereocenters. The molecule has 3 atom stereocenters. The highest BCUT2D eigenvalue weighted by Gasteiger charge is 2.28. The minimum atomic E-state index is 0.188. The maximum Gasteiger partial charge on any atom is 0.162 e. The molecule has 238 valence electrons. The highest BCUT2D eigenvalue weighted by atomic mass is 16.1. The van der Waals surface area contributed by atoms with E-state index in [1.807, 2.05) is 49.5 Å². The molecule has 0 amide bonds. The molecule has 3 aromatic rings. The van der Waals surface area contributed by atoms with Crippen molar-refractivity contribution in [2.75, 3.05) is 0 Å². The molecule has 0 bridgehead atoms. The van der Waals surface area contributed by atoms with E-state index in [0.29, 0.717) is 17.8 Å². The second kappa shape index (κ2) is 15.6. The van der Waals surface area contributed by atoms with Gasteiger partial charge in [-0.25, -0.2) is 0 Å². The van der Waals surface area contributed by atoms with Crippen LogP contribution in [-0.2, 0) is 6.42 Å². The maximum absolute atomic E-state index is 13.3. The van der Waals surface area contributed by atoms with Gasteiger partial charge in [0.15, 0.2) is 5.78 Å². The third kappa shape index (κ3) is 9.46. The normalized spacial score (nSPS) is 18.9. The Kier molecular flexibility index (Phi) is 11.9. The number of allylic oxidation sites excluding steroid dienone is 3. The number of rotatable bonds is 10. The lowest BCUT2D eigenvalue weighted by Gasteiger charge is -2.22. The average molecular weight is 602 g/mol. The minimum absolute atomic E-state index is 0.188. The molecule has 1 saturated carbocycles. The summed E-state index contributed by atoms with van der Waals surface area (Å²) < 4.78 is 0. The van der Waals surface area contributed by atoms with Crippen LogP contribution in [0.2, 0.25) is 0 Å². The highest BCUT2D eigenvalue weighted by Crippen LogP contribution is 2.40. The third-order valence-electron chi connectivity index (χ3n) is 10.4. The fourth-order valence-electron chi connectivity index (χ4n) is 6.72. The van der Waals surface area contributed by atoms with Gasteiger partial charge in [0.1, 0.15) is 0 Å². The zero-order valence-electron chi connectivity index (χ0n) is 29.1. The number of aromatic amines is 1. The predicted molar refractivity (Wildman–Crippen MR) is 193 cm³/mol. The van der Waals surface area contributed by atoms with Crippen LogP contribution in [0.4, 0.5) is 0 Å². The molecule has 0 saturated heterocycles. The molecule has 1 aromatic heterocycles. The van der Waals surface area contributed by atoms with Crippen LogP contribution >= 0.6 is 0 Å². The number of aromatic nitrogens is 1. The Morgan fingerprint density at radius 2 is 1.76 bits per heavy atom. The van der Waals surface area contributed by atoms with Gasteiger partial charge >= 0.3 is 0 Å². The number of carbonyl (C=O) groups is 1. The molecule has 2 aromatic carbocycles. The van der Waals surface area contributed by atoms with Gasteiger partial charge in [0.25, 0.3) is 0 Å². The fraction of sp³-hybridized carbons (Fsp3) is 0.465. The Balaban J connectivity index is 1.34. The van der Waals surface area contributed by atoms with E-state index in [4.69, 9.17) is 0 Å². The predicted octanol–water partition coefficient (Wildman–Crippen LogP) is 11.5. The van der Waals surface area contributed by atoms with Crippen LogP contribution in [0.3, 0.4) is 0 Å². The van der Waals surface area contributed by atoms with E-state index in [2.05, 4.69) is 89.6 Å². The van der Waals surface area contributed by atoms with Crippen LogP contribution in [0.5, 0.6) is 0 Å². The van der Waals surface area contributed by atoms with Crippen LogP contribution in [0.1, 0.15) is 140 Å². The van der Waals surface area contributed by atoms with Crippen LogP contribution in [0.15, 0.2) is 60.8 Å². The Morgan fingerprint density at radius 3 is 2.51 bits per heavy atom. The van der Waals surface area contributed by atoms with Crippen molar-refractivity contribution in [3.63, 3.8) is 0 Å². The number of H-pyrrole nitrogens is 1. The summed E-state index contributed by atoms with van der Waals surface area (Å²) >= 11 is 0. The first-order chi connectivity index (χ1) is 21.5. The average Bonchev–Trinajstić information content (AvgIpc) is 3.30. The van der Waals surface area contributed by atoms with E-state index in [-0.39, 0.29) is 5.78 Å². The number of hydrogen-bond donors (Lipinski definition) is 1. The molecule has 4 rings (SSSR count). The number of aryl methyl sites for hydroxylation is 3. The Morgan fingerprint density at radius 1 is 1.00 bits per heavy atom. The van der Waals surface area contributed by atoms with Crippen molar-refractivity contribution < 1.29 is 4.79 Å². The largest absolute Gasteiger partial charge is 0.360 e. The van der Waals surface area contributed by atoms with Gasteiger partial charge in [0, 0.05) is 35.0 Å². The van der Waals surface area contributed by atoms with Gasteiger partial charge in [-0.05, 0) is 136 Å². The van der Waals surface area contributed by atoms with E-state index < -0.39 is 0 Å². The van der Waals surface area contributed by atoms with Crippen molar-refractivity contribution in [1.82, 2.24) is 4.98 Å². The summed E-state index contributed by atoms with van der Waals surface area (Å²) in [6.07, 6.45) is 19.4. The maximum atomic E-state index is 13.3. The highest BCUT2D eigenvalue weighted by molar-refractivity contribution is 5.96. The topological polar surface area (TPSA) is 32.9 Å². The monoisotopic (exact) mass is 601 g/mol. The number of Topliss-reactive ketones (excluding diaryl/α,β-unsaturated/α-hetero) is 1. The number of hydrogen-bond acceptors (Lipinski definition) is 1. The first-order valence-corrected chi connectivity index (χ1v) is 17.2. The quantitative estimate of drug-likeness (QED) is 0.107. The zero-order chi connectivity index (χ0) is 32.6. The van der Waals surface area contributed by atoms with Gasteiger partial charge in [0.2, 0.25) is 0 Å². The Hall–Kier alpha value is -3.57. The van der Waals surface area contributed by atoms with Crippen molar-refractivity contribution in [2.45, 2.75) is 113 Å². The van der Waals surface area contributed by atoms with E-state index >= 15 is 0 Å². The SMILES string of the molecule is CC=C/C=C\c1[nH]cc(C#Cc2cc(C(=O)CCC(C)c3ccc(CCC4CCC(C)(C)CCC4C)c(C)c3)ccc2C)c1C. The number of benzene rings is 2. The molecule has 0 radical (unpaired) electrons. The zero-order valence-corrected chi connectivity index (χ0v) is 29.1. The first-order valence-electron chi connectivity index (χ1n) is 17.2. The number of carbonyl (C=O) groups excluding carboxylic acids is 1. The smallest absolute Gasteiger partial charge is 0.162 e. The molecule has 1 fully saturated rings. The Labute approximate surface area is 273 Å². The molecule has 0 aliphatic heterocycles. The summed E-state index contributed by atoms with van der Waals surface area (Å²) in [4.78, 5) is 16.6. The molecular weight excluding hydrogens is 546 g/mol. The third-order valence-corrected chi connectivity index (χ3v) is 10.4. The lowest BCUT2D eigenvalue weighted by Crippen LogP contribution is -2.11. The number of ketones is 1. The van der Waals surface area contributed by atoms with Gasteiger partial charge in [0.05, 0.1) is 0 Å². The number of nitrogens with one attached hydrogen (secondary N) is 1. The summed E-state index contributed by atoms with van der Waals surface area (Å²) in [5, 5.41) is 0. The van der Waals surface area contributed by atoms with Gasteiger partial charge in [-0.15, -0.1) is 0 Å². The van der Waals surface area contributed by atoms with Crippen LogP contribution in [0.25, 0.3) is 6.08 Å². The summed E-state index contributed by atoms with van der Waals surface area (Å²) in [7, 11) is 0. The molecule has 1 N–H and O–H groups in total. The minimum Gasteiger partial charge on any atom is -0.360 e. The molecular formula is C43H55NO. The molecule has 1 heterocycles. The van der Waals surface area contributed by atoms with Gasteiger partial charge in [-0.3, -0.25) is 4.79 Å². The summed E-state index contributed by atoms with van der Waals surface area (Å²) in [6, 6.07) is 13.0.